The molecule has 0 unspecified atom stereocenters. The minimum atomic E-state index is -0.587. The molecule has 2 amide bonds. The third kappa shape index (κ3) is 3.75. The van der Waals surface area contributed by atoms with Crippen molar-refractivity contribution >= 4 is 22.7 Å². The number of para-hydroxylation sites is 1. The molecular weight excluding hydrogens is 374 g/mol. The number of carbonyl (C=O) groups is 2. The molecule has 154 valence electrons. The molecule has 1 fully saturated rings. The molecule has 1 aliphatic rings. The van der Waals surface area contributed by atoms with Crippen LogP contribution in [0.2, 0.25) is 0 Å². The second kappa shape index (κ2) is 7.82. The van der Waals surface area contributed by atoms with Crippen molar-refractivity contribution in [2.24, 2.45) is 0 Å². The number of nitrogens with zero attached hydrogens (tertiary/aromatic N) is 1. The average molecular weight is 402 g/mol. The SMILES string of the molecule is C=CC(C)(C)n1cc(C[C@@H]2NC(=O)[C@H](Cc3ccccc3)NC2=O)c2ccccc21. The van der Waals surface area contributed by atoms with Crippen LogP contribution in [0, 0.1) is 0 Å². The molecule has 0 saturated carbocycles. The lowest BCUT2D eigenvalue weighted by Gasteiger charge is -2.29. The summed E-state index contributed by atoms with van der Waals surface area (Å²) in [6.07, 6.45) is 4.91. The van der Waals surface area contributed by atoms with Crippen molar-refractivity contribution in [1.29, 1.82) is 0 Å². The molecule has 2 aromatic carbocycles. The number of rotatable bonds is 6. The maximum Gasteiger partial charge on any atom is 0.243 e. The van der Waals surface area contributed by atoms with E-state index in [0.29, 0.717) is 12.8 Å². The van der Waals surface area contributed by atoms with Gasteiger partial charge in [-0.25, -0.2) is 0 Å². The van der Waals surface area contributed by atoms with E-state index in [2.05, 4.69) is 54.0 Å². The Balaban J connectivity index is 1.56. The summed E-state index contributed by atoms with van der Waals surface area (Å²) in [5.41, 5.74) is 2.87. The molecule has 5 nitrogen and oxygen atoms in total. The maximum atomic E-state index is 12.8. The van der Waals surface area contributed by atoms with Gasteiger partial charge in [-0.05, 0) is 31.0 Å². The number of hydrogen-bond acceptors (Lipinski definition) is 2. The van der Waals surface area contributed by atoms with Crippen molar-refractivity contribution in [2.45, 2.75) is 44.3 Å². The maximum absolute atomic E-state index is 12.8. The lowest BCUT2D eigenvalue weighted by atomic mass is 9.98. The Morgan fingerprint density at radius 3 is 2.20 bits per heavy atom. The molecule has 2 N–H and O–H groups in total. The van der Waals surface area contributed by atoms with Crippen molar-refractivity contribution in [2.75, 3.05) is 0 Å². The van der Waals surface area contributed by atoms with Crippen LogP contribution in [0.15, 0.2) is 73.4 Å². The number of aromatic nitrogens is 1. The second-order valence-corrected chi connectivity index (χ2v) is 8.42. The molecule has 3 aromatic rings. The van der Waals surface area contributed by atoms with Crippen LogP contribution in [0.1, 0.15) is 25.0 Å². The van der Waals surface area contributed by atoms with Gasteiger partial charge in [0.05, 0.1) is 5.54 Å². The number of benzene rings is 2. The van der Waals surface area contributed by atoms with Gasteiger partial charge < -0.3 is 15.2 Å². The van der Waals surface area contributed by atoms with Crippen LogP contribution in [0.5, 0.6) is 0 Å². The standard InChI is InChI=1S/C25H27N3O2/c1-4-25(2,3)28-16-18(19-12-8-9-13-22(19)28)15-21-24(30)26-20(23(29)27-21)14-17-10-6-5-7-11-17/h4-13,16,20-21H,1,14-15H2,2-3H3,(H,26,30)(H,27,29)/t20-,21-/m0/s1. The molecule has 1 aliphatic heterocycles. The molecule has 5 heteroatoms. The van der Waals surface area contributed by atoms with Gasteiger partial charge >= 0.3 is 0 Å². The minimum Gasteiger partial charge on any atom is -0.342 e. The van der Waals surface area contributed by atoms with Gasteiger partial charge in [0.25, 0.3) is 0 Å². The van der Waals surface area contributed by atoms with Crippen molar-refractivity contribution in [1.82, 2.24) is 15.2 Å². The number of hydrogen-bond donors (Lipinski definition) is 2. The van der Waals surface area contributed by atoms with Crippen molar-refractivity contribution in [3.63, 3.8) is 0 Å². The topological polar surface area (TPSA) is 63.1 Å². The fourth-order valence-corrected chi connectivity index (χ4v) is 4.02. The van der Waals surface area contributed by atoms with E-state index in [4.69, 9.17) is 0 Å². The van der Waals surface area contributed by atoms with Gasteiger partial charge in [-0.1, -0.05) is 54.6 Å². The van der Waals surface area contributed by atoms with E-state index >= 15 is 0 Å². The Hall–Kier alpha value is -3.34. The molecule has 1 aromatic heterocycles. The highest BCUT2D eigenvalue weighted by Gasteiger charge is 2.34. The minimum absolute atomic E-state index is 0.140. The first-order valence-electron chi connectivity index (χ1n) is 10.3. The van der Waals surface area contributed by atoms with Crippen LogP contribution < -0.4 is 10.6 Å². The molecular formula is C25H27N3O2. The summed E-state index contributed by atoms with van der Waals surface area (Å²) in [7, 11) is 0. The zero-order valence-corrected chi connectivity index (χ0v) is 17.4. The van der Waals surface area contributed by atoms with Crippen LogP contribution in [-0.4, -0.2) is 28.5 Å². The summed E-state index contributed by atoms with van der Waals surface area (Å²) in [5.74, 6) is -0.283. The Labute approximate surface area is 176 Å². The normalized spacial score (nSPS) is 19.4. The van der Waals surface area contributed by atoms with Crippen LogP contribution in [0.25, 0.3) is 10.9 Å². The molecule has 30 heavy (non-hydrogen) atoms. The molecule has 0 bridgehead atoms. The Morgan fingerprint density at radius 2 is 1.53 bits per heavy atom. The fraction of sp³-hybridized carbons (Fsp3) is 0.280. The predicted octanol–water partition coefficient (Wildman–Crippen LogP) is 3.33. The molecule has 1 saturated heterocycles. The highest BCUT2D eigenvalue weighted by Crippen LogP contribution is 2.29. The molecule has 2 atom stereocenters. The highest BCUT2D eigenvalue weighted by molar-refractivity contribution is 5.97. The largest absolute Gasteiger partial charge is 0.342 e. The van der Waals surface area contributed by atoms with Crippen LogP contribution in [0.4, 0.5) is 0 Å². The monoisotopic (exact) mass is 401 g/mol. The van der Waals surface area contributed by atoms with Gasteiger partial charge in [-0.3, -0.25) is 9.59 Å². The molecule has 0 radical (unpaired) electrons. The van der Waals surface area contributed by atoms with Crippen molar-refractivity contribution < 1.29 is 9.59 Å². The molecule has 0 aliphatic carbocycles. The van der Waals surface area contributed by atoms with E-state index in [9.17, 15) is 9.59 Å². The van der Waals surface area contributed by atoms with Gasteiger partial charge in [-0.15, -0.1) is 6.58 Å². The summed E-state index contributed by atoms with van der Waals surface area (Å²) in [6.45, 7) is 8.16. The smallest absolute Gasteiger partial charge is 0.243 e. The van der Waals surface area contributed by atoms with Crippen LogP contribution >= 0.6 is 0 Å². The zero-order chi connectivity index (χ0) is 21.3. The van der Waals surface area contributed by atoms with Gasteiger partial charge in [-0.2, -0.15) is 0 Å². The van der Waals surface area contributed by atoms with Gasteiger partial charge in [0.2, 0.25) is 11.8 Å². The van der Waals surface area contributed by atoms with Crippen molar-refractivity contribution in [3.05, 3.63) is 84.6 Å². The lowest BCUT2D eigenvalue weighted by molar-refractivity contribution is -0.136. The molecule has 0 spiro atoms. The predicted molar refractivity (Wildman–Crippen MR) is 119 cm³/mol. The van der Waals surface area contributed by atoms with Crippen LogP contribution in [-0.2, 0) is 28.0 Å². The highest BCUT2D eigenvalue weighted by atomic mass is 16.2. The number of fused-ring (bicyclic) bond motifs is 1. The number of piperazine rings is 1. The number of carbonyl (C=O) groups excluding carboxylic acids is 2. The molecule has 4 rings (SSSR count). The van der Waals surface area contributed by atoms with E-state index in [0.717, 1.165) is 22.0 Å². The third-order valence-corrected chi connectivity index (χ3v) is 5.89. The first kappa shape index (κ1) is 20.0. The van der Waals surface area contributed by atoms with Gasteiger partial charge in [0.1, 0.15) is 12.1 Å². The third-order valence-electron chi connectivity index (χ3n) is 5.89. The van der Waals surface area contributed by atoms with Gasteiger partial charge in [0, 0.05) is 29.9 Å². The summed E-state index contributed by atoms with van der Waals surface area (Å²) >= 11 is 0. The van der Waals surface area contributed by atoms with Gasteiger partial charge in [0.15, 0.2) is 0 Å². The number of allylic oxidation sites excluding steroid dienone is 1. The fourth-order valence-electron chi connectivity index (χ4n) is 4.02. The summed E-state index contributed by atoms with van der Waals surface area (Å²) in [6, 6.07) is 16.7. The first-order chi connectivity index (χ1) is 14.4. The van der Waals surface area contributed by atoms with E-state index < -0.39 is 12.1 Å². The van der Waals surface area contributed by atoms with Crippen molar-refractivity contribution in [3.8, 4) is 0 Å². The second-order valence-electron chi connectivity index (χ2n) is 8.42. The number of amides is 2. The van der Waals surface area contributed by atoms with E-state index in [-0.39, 0.29) is 17.4 Å². The lowest BCUT2D eigenvalue weighted by Crippen LogP contribution is -2.62. The quantitative estimate of drug-likeness (QED) is 0.623. The number of nitrogens with one attached hydrogen (secondary N) is 2. The summed E-state index contributed by atoms with van der Waals surface area (Å²) in [4.78, 5) is 25.5. The Kier molecular flexibility index (Phi) is 5.20. The molecule has 2 heterocycles. The Bertz CT molecular complexity index is 1100. The zero-order valence-electron chi connectivity index (χ0n) is 17.4. The Morgan fingerprint density at radius 1 is 0.933 bits per heavy atom. The summed E-state index contributed by atoms with van der Waals surface area (Å²) in [5, 5.41) is 6.92. The van der Waals surface area contributed by atoms with E-state index in [1.165, 1.54) is 0 Å². The average Bonchev–Trinajstić information content (AvgIpc) is 3.12. The van der Waals surface area contributed by atoms with E-state index in [1.54, 1.807) is 0 Å². The summed E-state index contributed by atoms with van der Waals surface area (Å²) < 4.78 is 2.17. The first-order valence-corrected chi connectivity index (χ1v) is 10.3. The van der Waals surface area contributed by atoms with Crippen LogP contribution in [0.3, 0.4) is 0 Å². The van der Waals surface area contributed by atoms with E-state index in [1.807, 2.05) is 48.5 Å².